The van der Waals surface area contributed by atoms with Gasteiger partial charge < -0.3 is 10.1 Å². The van der Waals surface area contributed by atoms with Gasteiger partial charge in [-0.3, -0.25) is 10.1 Å². The van der Waals surface area contributed by atoms with E-state index in [0.717, 1.165) is 10.1 Å². The average Bonchev–Trinajstić information content (AvgIpc) is 2.77. The molecule has 1 aromatic heterocycles. The summed E-state index contributed by atoms with van der Waals surface area (Å²) < 4.78 is 6.30. The molecule has 0 spiro atoms. The van der Waals surface area contributed by atoms with E-state index in [2.05, 4.69) is 27.8 Å². The van der Waals surface area contributed by atoms with Crippen LogP contribution in [0.1, 0.15) is 13.8 Å². The summed E-state index contributed by atoms with van der Waals surface area (Å²) in [5, 5.41) is 14.4. The normalized spacial score (nSPS) is 22.6. The summed E-state index contributed by atoms with van der Waals surface area (Å²) in [6.45, 7) is 5.26. The minimum Gasteiger partial charge on any atom is -0.375 e. The molecule has 2 heterocycles. The second-order valence-electron chi connectivity index (χ2n) is 3.80. The third-order valence-corrected chi connectivity index (χ3v) is 4.36. The van der Waals surface area contributed by atoms with Crippen LogP contribution in [-0.2, 0) is 9.53 Å². The number of halogens is 1. The predicted octanol–water partition coefficient (Wildman–Crippen LogP) is 1.39. The van der Waals surface area contributed by atoms with E-state index in [9.17, 15) is 4.79 Å². The highest BCUT2D eigenvalue weighted by Crippen LogP contribution is 2.25. The Balaban J connectivity index is 0.00000180. The van der Waals surface area contributed by atoms with Crippen molar-refractivity contribution in [2.75, 3.05) is 24.2 Å². The molecular formula is C10H17ClN4O2S2. The largest absolute Gasteiger partial charge is 0.375 e. The van der Waals surface area contributed by atoms with E-state index in [-0.39, 0.29) is 30.5 Å². The molecule has 6 nitrogen and oxygen atoms in total. The van der Waals surface area contributed by atoms with Crippen molar-refractivity contribution in [1.82, 2.24) is 15.5 Å². The molecule has 1 aliphatic rings. The number of ether oxygens (including phenoxy) is 1. The molecule has 0 unspecified atom stereocenters. The molecule has 9 heteroatoms. The lowest BCUT2D eigenvalue weighted by Crippen LogP contribution is -2.53. The molecule has 2 atom stereocenters. The van der Waals surface area contributed by atoms with Crippen molar-refractivity contribution in [3.63, 3.8) is 0 Å². The molecule has 108 valence electrons. The third-order valence-electron chi connectivity index (χ3n) is 2.50. The number of carbonyl (C=O) groups excluding carboxylic acids is 1. The molecule has 0 aromatic carbocycles. The quantitative estimate of drug-likeness (QED) is 0.644. The van der Waals surface area contributed by atoms with Crippen LogP contribution in [-0.4, -0.2) is 47.2 Å². The van der Waals surface area contributed by atoms with Gasteiger partial charge in [-0.15, -0.1) is 22.6 Å². The van der Waals surface area contributed by atoms with Crippen LogP contribution in [0.4, 0.5) is 5.13 Å². The molecule has 1 saturated heterocycles. The summed E-state index contributed by atoms with van der Waals surface area (Å²) in [6.07, 6.45) is -0.129. The van der Waals surface area contributed by atoms with Crippen LogP contribution in [0.15, 0.2) is 4.34 Å². The van der Waals surface area contributed by atoms with Gasteiger partial charge in [-0.1, -0.05) is 30.0 Å². The molecule has 19 heavy (non-hydrogen) atoms. The van der Waals surface area contributed by atoms with Gasteiger partial charge in [0, 0.05) is 6.54 Å². The second kappa shape index (κ2) is 8.01. The number of hydrogen-bond acceptors (Lipinski definition) is 7. The molecule has 0 aliphatic carbocycles. The van der Waals surface area contributed by atoms with Gasteiger partial charge in [0.1, 0.15) is 6.04 Å². The Morgan fingerprint density at radius 3 is 3.11 bits per heavy atom. The first-order valence-electron chi connectivity index (χ1n) is 5.83. The van der Waals surface area contributed by atoms with Gasteiger partial charge in [0.05, 0.1) is 12.7 Å². The van der Waals surface area contributed by atoms with Crippen LogP contribution >= 0.6 is 35.5 Å². The first-order valence-corrected chi connectivity index (χ1v) is 7.63. The first-order chi connectivity index (χ1) is 8.70. The molecule has 0 radical (unpaired) electrons. The molecule has 0 bridgehead atoms. The van der Waals surface area contributed by atoms with E-state index < -0.39 is 0 Å². The molecule has 1 aromatic rings. The number of nitrogens with one attached hydrogen (secondary N) is 2. The number of amides is 1. The van der Waals surface area contributed by atoms with Crippen LogP contribution in [0.3, 0.4) is 0 Å². The fourth-order valence-corrected chi connectivity index (χ4v) is 3.30. The standard InChI is InChI=1S/C10H16N4O2S2.ClH/c1-3-17-10-14-13-9(18-10)12-8(15)7-6(2)16-5-4-11-7;/h6-7,11H,3-5H2,1-2H3,(H,12,13,15);1H/t6-,7+;/m1./s1. The van der Waals surface area contributed by atoms with Gasteiger partial charge in [-0.25, -0.2) is 0 Å². The number of nitrogens with zero attached hydrogens (tertiary/aromatic N) is 2. The Kier molecular flexibility index (Phi) is 7.01. The van der Waals surface area contributed by atoms with Crippen LogP contribution in [0, 0.1) is 0 Å². The Bertz CT molecular complexity index is 418. The van der Waals surface area contributed by atoms with E-state index >= 15 is 0 Å². The number of carbonyl (C=O) groups is 1. The van der Waals surface area contributed by atoms with Gasteiger partial charge >= 0.3 is 0 Å². The Morgan fingerprint density at radius 1 is 1.63 bits per heavy atom. The maximum absolute atomic E-state index is 12.0. The molecule has 0 saturated carbocycles. The minimum absolute atomic E-state index is 0. The first kappa shape index (κ1) is 16.6. The van der Waals surface area contributed by atoms with Crippen molar-refractivity contribution in [1.29, 1.82) is 0 Å². The average molecular weight is 325 g/mol. The Hall–Kier alpha value is -0.410. The Morgan fingerprint density at radius 2 is 2.42 bits per heavy atom. The van der Waals surface area contributed by atoms with Crippen LogP contribution in [0.2, 0.25) is 0 Å². The molecule has 2 rings (SSSR count). The van der Waals surface area contributed by atoms with E-state index in [4.69, 9.17) is 4.74 Å². The molecule has 2 N–H and O–H groups in total. The van der Waals surface area contributed by atoms with Gasteiger partial charge in [-0.05, 0) is 12.7 Å². The fourth-order valence-electron chi connectivity index (χ4n) is 1.65. The van der Waals surface area contributed by atoms with E-state index in [1.165, 1.54) is 11.3 Å². The molecule has 1 amide bonds. The van der Waals surface area contributed by atoms with E-state index in [1.54, 1.807) is 11.8 Å². The highest BCUT2D eigenvalue weighted by molar-refractivity contribution is 8.01. The number of morpholine rings is 1. The number of hydrogen-bond donors (Lipinski definition) is 2. The van der Waals surface area contributed by atoms with Crippen molar-refractivity contribution >= 4 is 46.5 Å². The topological polar surface area (TPSA) is 76.1 Å². The summed E-state index contributed by atoms with van der Waals surface area (Å²) in [7, 11) is 0. The van der Waals surface area contributed by atoms with Crippen molar-refractivity contribution < 1.29 is 9.53 Å². The van der Waals surface area contributed by atoms with Crippen molar-refractivity contribution in [3.05, 3.63) is 0 Å². The summed E-state index contributed by atoms with van der Waals surface area (Å²) in [5.74, 6) is 0.823. The van der Waals surface area contributed by atoms with E-state index in [1.807, 2.05) is 6.92 Å². The minimum atomic E-state index is -0.329. The number of thioether (sulfide) groups is 1. The van der Waals surface area contributed by atoms with Gasteiger partial charge in [0.15, 0.2) is 4.34 Å². The zero-order valence-electron chi connectivity index (χ0n) is 10.7. The lowest BCUT2D eigenvalue weighted by molar-refractivity contribution is -0.123. The van der Waals surface area contributed by atoms with Crippen molar-refractivity contribution in [3.8, 4) is 0 Å². The summed E-state index contributed by atoms with van der Waals surface area (Å²) in [4.78, 5) is 12.0. The van der Waals surface area contributed by atoms with Crippen molar-refractivity contribution in [2.24, 2.45) is 0 Å². The summed E-state index contributed by atoms with van der Waals surface area (Å²) in [5.41, 5.74) is 0. The van der Waals surface area contributed by atoms with Gasteiger partial charge in [-0.2, -0.15) is 0 Å². The van der Waals surface area contributed by atoms with E-state index in [0.29, 0.717) is 18.3 Å². The summed E-state index contributed by atoms with van der Waals surface area (Å²) >= 11 is 3.00. The lowest BCUT2D eigenvalue weighted by Gasteiger charge is -2.28. The Labute approximate surface area is 126 Å². The highest BCUT2D eigenvalue weighted by atomic mass is 35.5. The smallest absolute Gasteiger partial charge is 0.246 e. The van der Waals surface area contributed by atoms with Gasteiger partial charge in [0.25, 0.3) is 0 Å². The van der Waals surface area contributed by atoms with Crippen LogP contribution in [0.25, 0.3) is 0 Å². The number of anilines is 1. The van der Waals surface area contributed by atoms with Gasteiger partial charge in [0.2, 0.25) is 11.0 Å². The van der Waals surface area contributed by atoms with Crippen molar-refractivity contribution in [2.45, 2.75) is 30.3 Å². The second-order valence-corrected chi connectivity index (χ2v) is 6.29. The molecule has 1 aliphatic heterocycles. The number of aromatic nitrogens is 2. The highest BCUT2D eigenvalue weighted by Gasteiger charge is 2.28. The predicted molar refractivity (Wildman–Crippen MR) is 79.4 cm³/mol. The molecular weight excluding hydrogens is 308 g/mol. The maximum Gasteiger partial charge on any atom is 0.246 e. The molecule has 1 fully saturated rings. The SMILES string of the molecule is CCSc1nnc(NC(=O)[C@H]2NCCO[C@@H]2C)s1.Cl. The summed E-state index contributed by atoms with van der Waals surface area (Å²) in [6, 6.07) is -0.329. The zero-order chi connectivity index (χ0) is 13.0. The number of rotatable bonds is 4. The zero-order valence-corrected chi connectivity index (χ0v) is 13.2. The van der Waals surface area contributed by atoms with Crippen LogP contribution in [0.5, 0.6) is 0 Å². The lowest BCUT2D eigenvalue weighted by atomic mass is 10.1. The fraction of sp³-hybridized carbons (Fsp3) is 0.700. The van der Waals surface area contributed by atoms with Crippen LogP contribution < -0.4 is 10.6 Å². The monoisotopic (exact) mass is 324 g/mol. The third kappa shape index (κ3) is 4.57. The maximum atomic E-state index is 12.0.